The van der Waals surface area contributed by atoms with Crippen LogP contribution in [-0.4, -0.2) is 26.2 Å². The van der Waals surface area contributed by atoms with Gasteiger partial charge in [-0.2, -0.15) is 13.2 Å². The number of rotatable bonds is 3. The Labute approximate surface area is 119 Å². The normalized spacial score (nSPS) is 14.9. The molecule has 0 bridgehead atoms. The molecular formula is C11H10F3N3O3S. The molecule has 10 heteroatoms. The zero-order chi connectivity index (χ0) is 15.8. The van der Waals surface area contributed by atoms with E-state index in [-0.39, 0.29) is 5.69 Å². The Morgan fingerprint density at radius 2 is 2.00 bits per heavy atom. The van der Waals surface area contributed by atoms with E-state index in [4.69, 9.17) is 0 Å². The fourth-order valence-electron chi connectivity index (χ4n) is 1.73. The number of hydrogen-bond acceptors (Lipinski definition) is 5. The third-order valence-corrected chi connectivity index (χ3v) is 3.82. The highest BCUT2D eigenvalue weighted by atomic mass is 32.1. The summed E-state index contributed by atoms with van der Waals surface area (Å²) in [7, 11) is 0. The highest BCUT2D eigenvalue weighted by Gasteiger charge is 2.57. The van der Waals surface area contributed by atoms with Gasteiger partial charge in [0.2, 0.25) is 5.60 Å². The maximum atomic E-state index is 13.2. The summed E-state index contributed by atoms with van der Waals surface area (Å²) in [5, 5.41) is 10.9. The number of aromatic amines is 2. The second kappa shape index (κ2) is 5.11. The molecule has 0 aliphatic rings. The van der Waals surface area contributed by atoms with Crippen molar-refractivity contribution < 1.29 is 18.3 Å². The van der Waals surface area contributed by atoms with Crippen LogP contribution in [0.4, 0.5) is 13.2 Å². The van der Waals surface area contributed by atoms with E-state index in [9.17, 15) is 27.9 Å². The molecule has 3 N–H and O–H groups in total. The molecule has 6 nitrogen and oxygen atoms in total. The van der Waals surface area contributed by atoms with E-state index in [2.05, 4.69) is 9.97 Å². The molecule has 0 aliphatic carbocycles. The fraction of sp³-hybridized carbons (Fsp3) is 0.364. The van der Waals surface area contributed by atoms with Gasteiger partial charge in [0.1, 0.15) is 5.01 Å². The number of aryl methyl sites for hydroxylation is 1. The van der Waals surface area contributed by atoms with Gasteiger partial charge in [-0.15, -0.1) is 11.3 Å². The van der Waals surface area contributed by atoms with Crippen molar-refractivity contribution in [2.24, 2.45) is 0 Å². The summed E-state index contributed by atoms with van der Waals surface area (Å²) in [4.78, 5) is 29.8. The molecule has 0 fully saturated rings. The lowest BCUT2D eigenvalue weighted by molar-refractivity contribution is -0.266. The van der Waals surface area contributed by atoms with E-state index in [1.54, 1.807) is 0 Å². The zero-order valence-electron chi connectivity index (χ0n) is 10.6. The van der Waals surface area contributed by atoms with E-state index in [0.29, 0.717) is 17.0 Å². The van der Waals surface area contributed by atoms with E-state index >= 15 is 0 Å². The topological polar surface area (TPSA) is 98.8 Å². The number of aliphatic hydroxyl groups is 1. The van der Waals surface area contributed by atoms with Gasteiger partial charge >= 0.3 is 11.9 Å². The molecule has 1 atom stereocenters. The molecule has 2 aromatic rings. The zero-order valence-corrected chi connectivity index (χ0v) is 11.4. The number of nitrogens with zero attached hydrogens (tertiary/aromatic N) is 1. The lowest BCUT2D eigenvalue weighted by Crippen LogP contribution is -2.45. The van der Waals surface area contributed by atoms with Crippen LogP contribution >= 0.6 is 11.3 Å². The number of aromatic nitrogens is 3. The van der Waals surface area contributed by atoms with Crippen LogP contribution in [0.2, 0.25) is 0 Å². The summed E-state index contributed by atoms with van der Waals surface area (Å²) in [6, 6.07) is 0.790. The van der Waals surface area contributed by atoms with E-state index in [0.717, 1.165) is 6.07 Å². The van der Waals surface area contributed by atoms with E-state index < -0.39 is 34.5 Å². The molecule has 114 valence electrons. The Kier molecular flexibility index (Phi) is 3.76. The third-order valence-electron chi connectivity index (χ3n) is 2.70. The van der Waals surface area contributed by atoms with Crippen LogP contribution in [0.15, 0.2) is 21.0 Å². The Bertz CT molecular complexity index is 736. The summed E-state index contributed by atoms with van der Waals surface area (Å²) in [5.41, 5.74) is -5.08. The maximum Gasteiger partial charge on any atom is 0.424 e. The Hall–Kier alpha value is -1.94. The summed E-state index contributed by atoms with van der Waals surface area (Å²) in [5.74, 6) is 0. The first-order valence-electron chi connectivity index (χ1n) is 5.66. The van der Waals surface area contributed by atoms with Crippen molar-refractivity contribution in [2.75, 3.05) is 0 Å². The molecule has 2 rings (SSSR count). The summed E-state index contributed by atoms with van der Waals surface area (Å²) < 4.78 is 39.7. The van der Waals surface area contributed by atoms with Crippen LogP contribution in [0.25, 0.3) is 0 Å². The van der Waals surface area contributed by atoms with Crippen LogP contribution < -0.4 is 11.2 Å². The number of halogens is 3. The summed E-state index contributed by atoms with van der Waals surface area (Å²) in [6.45, 7) is 1.49. The van der Waals surface area contributed by atoms with Crippen molar-refractivity contribution in [3.05, 3.63) is 48.7 Å². The predicted molar refractivity (Wildman–Crippen MR) is 68.2 cm³/mol. The van der Waals surface area contributed by atoms with Crippen molar-refractivity contribution in [1.29, 1.82) is 0 Å². The number of hydrogen-bond donors (Lipinski definition) is 3. The minimum Gasteiger partial charge on any atom is -0.374 e. The van der Waals surface area contributed by atoms with Crippen LogP contribution in [0.5, 0.6) is 0 Å². The first-order valence-corrected chi connectivity index (χ1v) is 6.54. The molecular weight excluding hydrogens is 311 g/mol. The maximum absolute atomic E-state index is 13.2. The van der Waals surface area contributed by atoms with Crippen LogP contribution in [0, 0.1) is 6.92 Å². The Morgan fingerprint density at radius 1 is 1.33 bits per heavy atom. The van der Waals surface area contributed by atoms with Gasteiger partial charge in [0, 0.05) is 29.3 Å². The van der Waals surface area contributed by atoms with Crippen molar-refractivity contribution in [1.82, 2.24) is 15.0 Å². The highest BCUT2D eigenvalue weighted by Crippen LogP contribution is 2.42. The van der Waals surface area contributed by atoms with Crippen molar-refractivity contribution >= 4 is 11.3 Å². The van der Waals surface area contributed by atoms with Crippen LogP contribution in [0.3, 0.4) is 0 Å². The van der Waals surface area contributed by atoms with Gasteiger partial charge in [-0.1, -0.05) is 0 Å². The Balaban J connectivity index is 2.51. The molecule has 2 heterocycles. The lowest BCUT2D eigenvalue weighted by atomic mass is 9.97. The van der Waals surface area contributed by atoms with Gasteiger partial charge in [0.05, 0.1) is 0 Å². The Morgan fingerprint density at radius 3 is 2.48 bits per heavy atom. The minimum absolute atomic E-state index is 0.331. The van der Waals surface area contributed by atoms with Gasteiger partial charge in [-0.3, -0.25) is 9.78 Å². The monoisotopic (exact) mass is 321 g/mol. The first-order chi connectivity index (χ1) is 9.62. The fourth-order valence-corrected chi connectivity index (χ4v) is 2.65. The molecule has 2 aromatic heterocycles. The smallest absolute Gasteiger partial charge is 0.374 e. The van der Waals surface area contributed by atoms with E-state index in [1.807, 2.05) is 4.98 Å². The second-order valence-electron chi connectivity index (χ2n) is 4.44. The average Bonchev–Trinajstić information content (AvgIpc) is 2.73. The lowest BCUT2D eigenvalue weighted by Gasteiger charge is -2.28. The molecule has 0 aliphatic heterocycles. The number of H-pyrrole nitrogens is 2. The number of thiazole rings is 1. The SMILES string of the molecule is Cc1csc(C(O)(Cc2cc(=O)[nH]c(=O)[nH]2)C(F)(F)F)n1. The van der Waals surface area contributed by atoms with Gasteiger partial charge in [-0.25, -0.2) is 9.78 Å². The molecule has 0 saturated carbocycles. The first kappa shape index (κ1) is 15.4. The molecule has 0 radical (unpaired) electrons. The summed E-state index contributed by atoms with van der Waals surface area (Å²) in [6.07, 6.45) is -6.03. The summed E-state index contributed by atoms with van der Waals surface area (Å²) >= 11 is 0.652. The van der Waals surface area contributed by atoms with E-state index in [1.165, 1.54) is 12.3 Å². The standard InChI is InChI=1S/C11H10F3N3O3S/c1-5-4-21-8(15-5)10(20,11(12,13)14)3-6-2-7(18)17-9(19)16-6/h2,4,20H,3H2,1H3,(H2,16,17,18,19). The molecule has 0 aromatic carbocycles. The third kappa shape index (κ3) is 3.05. The van der Waals surface area contributed by atoms with Gasteiger partial charge in [0.25, 0.3) is 5.56 Å². The molecule has 1 unspecified atom stereocenters. The number of nitrogens with one attached hydrogen (secondary N) is 2. The van der Waals surface area contributed by atoms with Gasteiger partial charge < -0.3 is 10.1 Å². The largest absolute Gasteiger partial charge is 0.424 e. The minimum atomic E-state index is -5.02. The quantitative estimate of drug-likeness (QED) is 0.779. The van der Waals surface area contributed by atoms with Crippen molar-refractivity contribution in [2.45, 2.75) is 25.1 Å². The molecule has 0 amide bonds. The molecule has 0 spiro atoms. The second-order valence-corrected chi connectivity index (χ2v) is 5.30. The average molecular weight is 321 g/mol. The van der Waals surface area contributed by atoms with Crippen LogP contribution in [0.1, 0.15) is 16.4 Å². The highest BCUT2D eigenvalue weighted by molar-refractivity contribution is 7.09. The molecule has 21 heavy (non-hydrogen) atoms. The predicted octanol–water partition coefficient (Wildman–Crippen LogP) is 0.821. The molecule has 0 saturated heterocycles. The van der Waals surface area contributed by atoms with Crippen molar-refractivity contribution in [3.63, 3.8) is 0 Å². The van der Waals surface area contributed by atoms with Gasteiger partial charge in [0.15, 0.2) is 0 Å². The van der Waals surface area contributed by atoms with Gasteiger partial charge in [-0.05, 0) is 6.92 Å². The number of alkyl halides is 3. The van der Waals surface area contributed by atoms with Crippen LogP contribution in [-0.2, 0) is 12.0 Å². The van der Waals surface area contributed by atoms with Crippen molar-refractivity contribution in [3.8, 4) is 0 Å².